The Labute approximate surface area is 120 Å². The number of carbonyl (C=O) groups is 1. The van der Waals surface area contributed by atoms with Crippen LogP contribution in [0.15, 0.2) is 24.3 Å². The minimum atomic E-state index is -0.0831. The van der Waals surface area contributed by atoms with Crippen LogP contribution in [-0.4, -0.2) is 5.91 Å². The summed E-state index contributed by atoms with van der Waals surface area (Å²) in [7, 11) is 0. The fourth-order valence-corrected chi connectivity index (χ4v) is 3.57. The number of thiophene rings is 1. The van der Waals surface area contributed by atoms with Gasteiger partial charge in [0.15, 0.2) is 0 Å². The molecule has 0 aliphatic heterocycles. The molecule has 0 fully saturated rings. The molecule has 1 aliphatic rings. The van der Waals surface area contributed by atoms with Crippen molar-refractivity contribution in [1.29, 1.82) is 0 Å². The number of nitrogens with one attached hydrogen (secondary N) is 1. The summed E-state index contributed by atoms with van der Waals surface area (Å²) >= 11 is 7.52. The van der Waals surface area contributed by atoms with Gasteiger partial charge in [0.2, 0.25) is 0 Å². The molecule has 3 rings (SSSR count). The van der Waals surface area contributed by atoms with E-state index in [1.54, 1.807) is 29.5 Å². The molecule has 0 bridgehead atoms. The van der Waals surface area contributed by atoms with Crippen molar-refractivity contribution in [3.8, 4) is 0 Å². The van der Waals surface area contributed by atoms with E-state index in [2.05, 4.69) is 5.32 Å². The lowest BCUT2D eigenvalue weighted by Crippen LogP contribution is -2.10. The molecule has 0 spiro atoms. The number of fused-ring (bicyclic) bond motifs is 1. The van der Waals surface area contributed by atoms with E-state index in [1.807, 2.05) is 6.07 Å². The molecule has 1 heterocycles. The number of hydrogen-bond donors (Lipinski definition) is 2. The zero-order chi connectivity index (χ0) is 13.4. The van der Waals surface area contributed by atoms with Crippen molar-refractivity contribution >= 4 is 40.2 Å². The van der Waals surface area contributed by atoms with Crippen molar-refractivity contribution in [3.63, 3.8) is 0 Å². The number of nitrogen functional groups attached to an aromatic ring is 1. The van der Waals surface area contributed by atoms with E-state index >= 15 is 0 Å². The molecule has 1 amide bonds. The Balaban J connectivity index is 1.78. The summed E-state index contributed by atoms with van der Waals surface area (Å²) in [5, 5.41) is 3.30. The van der Waals surface area contributed by atoms with Crippen LogP contribution in [0.3, 0.4) is 0 Å². The van der Waals surface area contributed by atoms with Gasteiger partial charge in [-0.2, -0.15) is 0 Å². The van der Waals surface area contributed by atoms with Crippen molar-refractivity contribution < 1.29 is 4.79 Å². The first-order chi connectivity index (χ1) is 9.13. The third-order valence-electron chi connectivity index (χ3n) is 3.23. The molecule has 1 aliphatic carbocycles. The number of anilines is 2. The second-order valence-electron chi connectivity index (χ2n) is 4.60. The van der Waals surface area contributed by atoms with Crippen LogP contribution < -0.4 is 11.1 Å². The summed E-state index contributed by atoms with van der Waals surface area (Å²) in [5.41, 5.74) is 8.14. The summed E-state index contributed by atoms with van der Waals surface area (Å²) in [6.07, 6.45) is 3.39. The molecular weight excluding hydrogens is 280 g/mol. The van der Waals surface area contributed by atoms with Crippen molar-refractivity contribution in [2.24, 2.45) is 0 Å². The maximum Gasteiger partial charge on any atom is 0.265 e. The van der Waals surface area contributed by atoms with Gasteiger partial charge in [-0.1, -0.05) is 11.6 Å². The first-order valence-corrected chi connectivity index (χ1v) is 7.31. The number of nitrogens with two attached hydrogens (primary N) is 1. The van der Waals surface area contributed by atoms with Gasteiger partial charge < -0.3 is 11.1 Å². The number of halogens is 1. The Morgan fingerprint density at radius 1 is 1.32 bits per heavy atom. The minimum Gasteiger partial charge on any atom is -0.398 e. The highest BCUT2D eigenvalue weighted by Crippen LogP contribution is 2.31. The molecule has 0 saturated heterocycles. The van der Waals surface area contributed by atoms with Crippen molar-refractivity contribution in [2.45, 2.75) is 19.3 Å². The molecule has 2 aromatic rings. The maximum atomic E-state index is 12.1. The van der Waals surface area contributed by atoms with E-state index in [0.717, 1.165) is 17.7 Å². The van der Waals surface area contributed by atoms with Crippen LogP contribution in [0.25, 0.3) is 0 Å². The molecule has 19 heavy (non-hydrogen) atoms. The molecular formula is C14H13ClN2OS. The number of amides is 1. The molecule has 5 heteroatoms. The summed E-state index contributed by atoms with van der Waals surface area (Å²) in [6, 6.07) is 7.10. The predicted molar refractivity (Wildman–Crippen MR) is 80.2 cm³/mol. The molecule has 1 aromatic carbocycles. The average Bonchev–Trinajstić information content (AvgIpc) is 2.94. The zero-order valence-corrected chi connectivity index (χ0v) is 11.8. The second-order valence-corrected chi connectivity index (χ2v) is 6.15. The second kappa shape index (κ2) is 4.87. The van der Waals surface area contributed by atoms with Gasteiger partial charge in [0.25, 0.3) is 5.91 Å². The summed E-state index contributed by atoms with van der Waals surface area (Å²) in [4.78, 5) is 14.3. The first-order valence-electron chi connectivity index (χ1n) is 6.11. The van der Waals surface area contributed by atoms with Crippen molar-refractivity contribution in [3.05, 3.63) is 44.6 Å². The summed E-state index contributed by atoms with van der Waals surface area (Å²) < 4.78 is 0. The van der Waals surface area contributed by atoms with Gasteiger partial charge >= 0.3 is 0 Å². The van der Waals surface area contributed by atoms with E-state index in [1.165, 1.54) is 16.9 Å². The fourth-order valence-electron chi connectivity index (χ4n) is 2.24. The van der Waals surface area contributed by atoms with Crippen LogP contribution in [-0.2, 0) is 12.8 Å². The number of carbonyl (C=O) groups excluding carboxylic acids is 1. The molecule has 1 aromatic heterocycles. The van der Waals surface area contributed by atoms with Crippen LogP contribution in [0.4, 0.5) is 11.4 Å². The van der Waals surface area contributed by atoms with Gasteiger partial charge in [0.1, 0.15) is 0 Å². The van der Waals surface area contributed by atoms with Crippen LogP contribution >= 0.6 is 22.9 Å². The molecule has 98 valence electrons. The standard InChI is InChI=1S/C14H13ClN2OS/c15-10-7-9(4-5-11(10)16)17-14(18)13-6-8-2-1-3-12(8)19-13/h4-7H,1-3,16H2,(H,17,18). The van der Waals surface area contributed by atoms with Crippen LogP contribution in [0.1, 0.15) is 26.5 Å². The molecule has 3 nitrogen and oxygen atoms in total. The number of aryl methyl sites for hydroxylation is 2. The van der Waals surface area contributed by atoms with Gasteiger partial charge in [0.05, 0.1) is 15.6 Å². The van der Waals surface area contributed by atoms with Crippen molar-refractivity contribution in [1.82, 2.24) is 0 Å². The quantitative estimate of drug-likeness (QED) is 0.829. The van der Waals surface area contributed by atoms with E-state index in [-0.39, 0.29) is 5.91 Å². The molecule has 0 saturated carbocycles. The molecule has 3 N–H and O–H groups in total. The summed E-state index contributed by atoms with van der Waals surface area (Å²) in [6.45, 7) is 0. The van der Waals surface area contributed by atoms with Gasteiger partial charge in [-0.05, 0) is 49.1 Å². The minimum absolute atomic E-state index is 0.0831. The lowest BCUT2D eigenvalue weighted by Gasteiger charge is -2.05. The topological polar surface area (TPSA) is 55.1 Å². The molecule has 0 unspecified atom stereocenters. The Hall–Kier alpha value is -1.52. The average molecular weight is 293 g/mol. The predicted octanol–water partition coefficient (Wildman–Crippen LogP) is 3.72. The largest absolute Gasteiger partial charge is 0.398 e. The van der Waals surface area contributed by atoms with Gasteiger partial charge in [-0.3, -0.25) is 4.79 Å². The smallest absolute Gasteiger partial charge is 0.265 e. The van der Waals surface area contributed by atoms with E-state index in [9.17, 15) is 4.79 Å². The lowest BCUT2D eigenvalue weighted by molar-refractivity contribution is 0.103. The molecule has 0 radical (unpaired) electrons. The third-order valence-corrected chi connectivity index (χ3v) is 4.79. The third kappa shape index (κ3) is 2.46. The van der Waals surface area contributed by atoms with E-state index < -0.39 is 0 Å². The Kier molecular flexibility index (Phi) is 3.21. The highest BCUT2D eigenvalue weighted by atomic mass is 35.5. The van der Waals surface area contributed by atoms with Gasteiger partial charge in [-0.25, -0.2) is 0 Å². The SMILES string of the molecule is Nc1ccc(NC(=O)c2cc3c(s2)CCC3)cc1Cl. The number of rotatable bonds is 2. The van der Waals surface area contributed by atoms with Crippen LogP contribution in [0, 0.1) is 0 Å². The van der Waals surface area contributed by atoms with Crippen LogP contribution in [0.2, 0.25) is 5.02 Å². The Morgan fingerprint density at radius 3 is 2.89 bits per heavy atom. The zero-order valence-electron chi connectivity index (χ0n) is 10.2. The first kappa shape index (κ1) is 12.5. The van der Waals surface area contributed by atoms with Gasteiger partial charge in [-0.15, -0.1) is 11.3 Å². The van der Waals surface area contributed by atoms with E-state index in [0.29, 0.717) is 16.4 Å². The van der Waals surface area contributed by atoms with Crippen LogP contribution in [0.5, 0.6) is 0 Å². The normalized spacial score (nSPS) is 13.3. The highest BCUT2D eigenvalue weighted by molar-refractivity contribution is 7.14. The molecule has 0 atom stereocenters. The summed E-state index contributed by atoms with van der Waals surface area (Å²) in [5.74, 6) is -0.0831. The monoisotopic (exact) mass is 292 g/mol. The maximum absolute atomic E-state index is 12.1. The fraction of sp³-hybridized carbons (Fsp3) is 0.214. The highest BCUT2D eigenvalue weighted by Gasteiger charge is 2.18. The Morgan fingerprint density at radius 2 is 2.16 bits per heavy atom. The van der Waals surface area contributed by atoms with Gasteiger partial charge in [0, 0.05) is 10.6 Å². The van der Waals surface area contributed by atoms with E-state index in [4.69, 9.17) is 17.3 Å². The van der Waals surface area contributed by atoms with Crippen molar-refractivity contribution in [2.75, 3.05) is 11.1 Å². The Bertz CT molecular complexity index is 629. The number of hydrogen-bond acceptors (Lipinski definition) is 3. The number of benzene rings is 1. The lowest BCUT2D eigenvalue weighted by atomic mass is 10.2.